The average Bonchev–Trinajstić information content (AvgIpc) is 3.05. The van der Waals surface area contributed by atoms with Gasteiger partial charge >= 0.3 is 6.61 Å². The number of benzene rings is 1. The number of para-hydroxylation sites is 1. The van der Waals surface area contributed by atoms with Gasteiger partial charge in [0, 0.05) is 10.4 Å². The van der Waals surface area contributed by atoms with Crippen molar-refractivity contribution in [1.82, 2.24) is 9.97 Å². The molecule has 1 N–H and O–H groups in total. The number of fused-ring (bicyclic) bond motifs is 3. The van der Waals surface area contributed by atoms with E-state index in [1.54, 1.807) is 18.2 Å². The standard InChI is InChI=1S/C20H15F2N3O2S/c21-20(22)27-14-7-3-1-5-11(14)9-12(10-23)17-24-18(26)16-13-6-2-4-8-15(13)28-19(16)25-17/h1,3,5,7,9,20H,2,4,6,8H2,(H,24,25,26). The lowest BCUT2D eigenvalue weighted by Crippen LogP contribution is -2.12. The second-order valence-electron chi connectivity index (χ2n) is 6.39. The average molecular weight is 399 g/mol. The van der Waals surface area contributed by atoms with E-state index < -0.39 is 6.61 Å². The Balaban J connectivity index is 1.81. The number of halogens is 2. The molecular formula is C20H15F2N3O2S. The Kier molecular flexibility index (Phi) is 4.92. The van der Waals surface area contributed by atoms with Gasteiger partial charge in [-0.3, -0.25) is 4.79 Å². The predicted octanol–water partition coefficient (Wildman–Crippen LogP) is 4.53. The topological polar surface area (TPSA) is 78.8 Å². The fourth-order valence-electron chi connectivity index (χ4n) is 3.40. The highest BCUT2D eigenvalue weighted by atomic mass is 32.1. The Morgan fingerprint density at radius 2 is 2.11 bits per heavy atom. The third-order valence-electron chi connectivity index (χ3n) is 4.64. The monoisotopic (exact) mass is 399 g/mol. The fraction of sp³-hybridized carbons (Fsp3) is 0.250. The highest BCUT2D eigenvalue weighted by Crippen LogP contribution is 2.34. The molecule has 142 valence electrons. The maximum absolute atomic E-state index is 12.7. The number of aromatic amines is 1. The molecule has 0 fully saturated rings. The minimum absolute atomic E-state index is 0.0553. The van der Waals surface area contributed by atoms with Gasteiger partial charge in [-0.15, -0.1) is 11.3 Å². The molecule has 0 radical (unpaired) electrons. The zero-order valence-corrected chi connectivity index (χ0v) is 15.5. The molecule has 0 aliphatic heterocycles. The van der Waals surface area contributed by atoms with Crippen molar-refractivity contribution in [2.24, 2.45) is 0 Å². The number of thiophene rings is 1. The fourth-order valence-corrected chi connectivity index (χ4v) is 4.67. The number of ether oxygens (including phenoxy) is 1. The van der Waals surface area contributed by atoms with Gasteiger partial charge in [-0.25, -0.2) is 4.98 Å². The largest absolute Gasteiger partial charge is 0.434 e. The van der Waals surface area contributed by atoms with Gasteiger partial charge in [-0.2, -0.15) is 14.0 Å². The highest BCUT2D eigenvalue weighted by molar-refractivity contribution is 7.18. The number of aryl methyl sites for hydroxylation is 2. The van der Waals surface area contributed by atoms with Crippen molar-refractivity contribution in [2.75, 3.05) is 0 Å². The molecule has 0 unspecified atom stereocenters. The molecule has 1 aromatic carbocycles. The first-order valence-electron chi connectivity index (χ1n) is 8.77. The Morgan fingerprint density at radius 1 is 1.32 bits per heavy atom. The second-order valence-corrected chi connectivity index (χ2v) is 7.48. The summed E-state index contributed by atoms with van der Waals surface area (Å²) in [5, 5.41) is 10.2. The van der Waals surface area contributed by atoms with Crippen molar-refractivity contribution in [2.45, 2.75) is 32.3 Å². The summed E-state index contributed by atoms with van der Waals surface area (Å²) in [6.07, 6.45) is 5.32. The second kappa shape index (κ2) is 7.52. The minimum Gasteiger partial charge on any atom is -0.434 e. The smallest absolute Gasteiger partial charge is 0.387 e. The van der Waals surface area contributed by atoms with Crippen LogP contribution in [0, 0.1) is 11.3 Å². The highest BCUT2D eigenvalue weighted by Gasteiger charge is 2.20. The van der Waals surface area contributed by atoms with Crippen molar-refractivity contribution < 1.29 is 13.5 Å². The molecule has 0 atom stereocenters. The number of hydrogen-bond donors (Lipinski definition) is 1. The zero-order valence-electron chi connectivity index (χ0n) is 14.7. The number of nitrogens with zero attached hydrogens (tertiary/aromatic N) is 2. The van der Waals surface area contributed by atoms with Crippen LogP contribution in [-0.4, -0.2) is 16.6 Å². The molecule has 1 aliphatic carbocycles. The van der Waals surface area contributed by atoms with E-state index in [1.165, 1.54) is 28.4 Å². The summed E-state index contributed by atoms with van der Waals surface area (Å²) in [4.78, 5) is 21.6. The van der Waals surface area contributed by atoms with Gasteiger partial charge < -0.3 is 9.72 Å². The summed E-state index contributed by atoms with van der Waals surface area (Å²) in [6, 6.07) is 8.13. The molecule has 4 rings (SSSR count). The third-order valence-corrected chi connectivity index (χ3v) is 5.82. The molecule has 28 heavy (non-hydrogen) atoms. The summed E-state index contributed by atoms with van der Waals surface area (Å²) in [6.45, 7) is -2.98. The summed E-state index contributed by atoms with van der Waals surface area (Å²) in [7, 11) is 0. The Hall–Kier alpha value is -3.05. The van der Waals surface area contributed by atoms with Crippen molar-refractivity contribution in [3.8, 4) is 11.8 Å². The van der Waals surface area contributed by atoms with E-state index in [4.69, 9.17) is 0 Å². The third kappa shape index (κ3) is 3.41. The lowest BCUT2D eigenvalue weighted by molar-refractivity contribution is -0.0499. The number of allylic oxidation sites excluding steroid dienone is 1. The summed E-state index contributed by atoms with van der Waals surface area (Å²) in [5.41, 5.74) is 1.14. The van der Waals surface area contributed by atoms with Gasteiger partial charge in [0.05, 0.1) is 11.0 Å². The number of nitrogens with one attached hydrogen (secondary N) is 1. The van der Waals surface area contributed by atoms with E-state index in [-0.39, 0.29) is 22.7 Å². The molecule has 0 bridgehead atoms. The predicted molar refractivity (Wildman–Crippen MR) is 103 cm³/mol. The lowest BCUT2D eigenvalue weighted by Gasteiger charge is -2.09. The van der Waals surface area contributed by atoms with Crippen molar-refractivity contribution in [1.29, 1.82) is 5.26 Å². The van der Waals surface area contributed by atoms with Gasteiger partial charge in [-0.05, 0) is 43.4 Å². The summed E-state index contributed by atoms with van der Waals surface area (Å²) < 4.78 is 29.7. The first-order chi connectivity index (χ1) is 13.6. The SMILES string of the molecule is N#CC(=Cc1ccccc1OC(F)F)c1nc2sc3c(c2c(=O)[nH]1)CCCC3. The molecule has 1 aliphatic rings. The number of aromatic nitrogens is 2. The van der Waals surface area contributed by atoms with Gasteiger partial charge in [0.15, 0.2) is 5.82 Å². The van der Waals surface area contributed by atoms with Crippen LogP contribution in [0.15, 0.2) is 29.1 Å². The number of hydrogen-bond acceptors (Lipinski definition) is 5. The molecule has 2 heterocycles. The van der Waals surface area contributed by atoms with Gasteiger partial charge in [0.2, 0.25) is 0 Å². The van der Waals surface area contributed by atoms with Crippen LogP contribution in [0.3, 0.4) is 0 Å². The number of rotatable bonds is 4. The molecular weight excluding hydrogens is 384 g/mol. The first kappa shape index (κ1) is 18.3. The lowest BCUT2D eigenvalue weighted by atomic mass is 9.97. The molecule has 2 aromatic heterocycles. The number of nitriles is 1. The molecule has 3 aromatic rings. The van der Waals surface area contributed by atoms with E-state index >= 15 is 0 Å². The minimum atomic E-state index is -2.98. The van der Waals surface area contributed by atoms with Gasteiger partial charge in [0.1, 0.15) is 16.6 Å². The van der Waals surface area contributed by atoms with E-state index in [0.717, 1.165) is 31.2 Å². The maximum atomic E-state index is 12.7. The summed E-state index contributed by atoms with van der Waals surface area (Å²) >= 11 is 1.48. The number of H-pyrrole nitrogens is 1. The van der Waals surface area contributed by atoms with Crippen LogP contribution in [-0.2, 0) is 12.8 Å². The van der Waals surface area contributed by atoms with Crippen molar-refractivity contribution >= 4 is 33.2 Å². The molecule has 0 saturated carbocycles. The van der Waals surface area contributed by atoms with E-state index in [0.29, 0.717) is 15.8 Å². The van der Waals surface area contributed by atoms with Crippen molar-refractivity contribution in [3.63, 3.8) is 0 Å². The van der Waals surface area contributed by atoms with Crippen LogP contribution in [0.2, 0.25) is 0 Å². The quantitative estimate of drug-likeness (QED) is 0.654. The van der Waals surface area contributed by atoms with Crippen molar-refractivity contribution in [3.05, 3.63) is 56.4 Å². The van der Waals surface area contributed by atoms with E-state index in [2.05, 4.69) is 14.7 Å². The van der Waals surface area contributed by atoms with Crippen LogP contribution >= 0.6 is 11.3 Å². The Labute approximate surface area is 162 Å². The van der Waals surface area contributed by atoms with E-state index in [1.807, 2.05) is 6.07 Å². The normalized spacial score (nSPS) is 14.1. The van der Waals surface area contributed by atoms with Crippen LogP contribution in [0.1, 0.15) is 34.7 Å². The zero-order chi connectivity index (χ0) is 19.7. The summed E-state index contributed by atoms with van der Waals surface area (Å²) in [5.74, 6) is 0.0608. The van der Waals surface area contributed by atoms with Crippen LogP contribution in [0.4, 0.5) is 8.78 Å². The molecule has 0 spiro atoms. The van der Waals surface area contributed by atoms with Gasteiger partial charge in [0.25, 0.3) is 5.56 Å². The Morgan fingerprint density at radius 3 is 2.89 bits per heavy atom. The maximum Gasteiger partial charge on any atom is 0.387 e. The first-order valence-corrected chi connectivity index (χ1v) is 9.59. The van der Waals surface area contributed by atoms with Crippen LogP contribution in [0.5, 0.6) is 5.75 Å². The Bertz CT molecular complexity index is 1170. The molecule has 8 heteroatoms. The van der Waals surface area contributed by atoms with Crippen LogP contribution < -0.4 is 10.3 Å². The molecule has 0 saturated heterocycles. The number of alkyl halides is 2. The van der Waals surface area contributed by atoms with E-state index in [9.17, 15) is 18.8 Å². The van der Waals surface area contributed by atoms with Crippen LogP contribution in [0.25, 0.3) is 21.9 Å². The molecule has 0 amide bonds. The van der Waals surface area contributed by atoms with Gasteiger partial charge in [-0.1, -0.05) is 18.2 Å². The molecule has 5 nitrogen and oxygen atoms in total.